The van der Waals surface area contributed by atoms with Crippen LogP contribution in [0.5, 0.6) is 11.5 Å². The van der Waals surface area contributed by atoms with Gasteiger partial charge in [0.25, 0.3) is 5.91 Å². The molecule has 1 aliphatic heterocycles. The molecular formula is C32H28N2O5S. The Morgan fingerprint density at radius 2 is 1.70 bits per heavy atom. The van der Waals surface area contributed by atoms with Gasteiger partial charge >= 0.3 is 0 Å². The minimum atomic E-state index is -0.744. The largest absolute Gasteiger partial charge is 0.493 e. The molecule has 40 heavy (non-hydrogen) atoms. The van der Waals surface area contributed by atoms with Gasteiger partial charge in [-0.15, -0.1) is 11.3 Å². The highest BCUT2D eigenvalue weighted by atomic mass is 32.1. The minimum Gasteiger partial charge on any atom is -0.493 e. The van der Waals surface area contributed by atoms with Crippen molar-refractivity contribution in [2.75, 3.05) is 12.0 Å². The number of amides is 1. The molecule has 0 fully saturated rings. The van der Waals surface area contributed by atoms with Gasteiger partial charge in [0.2, 0.25) is 5.76 Å². The highest BCUT2D eigenvalue weighted by molar-refractivity contribution is 7.15. The van der Waals surface area contributed by atoms with Crippen LogP contribution in [-0.4, -0.2) is 18.0 Å². The van der Waals surface area contributed by atoms with E-state index in [2.05, 4.69) is 4.98 Å². The lowest BCUT2D eigenvalue weighted by Gasteiger charge is -2.23. The highest BCUT2D eigenvalue weighted by Gasteiger charge is 2.45. The van der Waals surface area contributed by atoms with Crippen LogP contribution in [0.1, 0.15) is 55.0 Å². The maximum Gasteiger partial charge on any atom is 0.297 e. The number of fused-ring (bicyclic) bond motifs is 2. The molecule has 1 amide bonds. The second-order valence-electron chi connectivity index (χ2n) is 10.0. The topological polar surface area (TPSA) is 81.9 Å². The van der Waals surface area contributed by atoms with Crippen LogP contribution in [-0.2, 0) is 6.61 Å². The van der Waals surface area contributed by atoms with Crippen molar-refractivity contribution >= 4 is 33.3 Å². The number of hydrogen-bond acceptors (Lipinski definition) is 7. The van der Waals surface area contributed by atoms with E-state index in [9.17, 15) is 9.59 Å². The Morgan fingerprint density at radius 3 is 2.40 bits per heavy atom. The molecule has 7 nitrogen and oxygen atoms in total. The maximum absolute atomic E-state index is 14.0. The van der Waals surface area contributed by atoms with E-state index in [4.69, 9.17) is 13.9 Å². The predicted octanol–water partition coefficient (Wildman–Crippen LogP) is 6.82. The van der Waals surface area contributed by atoms with Crippen molar-refractivity contribution < 1.29 is 18.7 Å². The standard InChI is InChI=1S/C32H28N2O5S/c1-17-13-23-25(14-18(17)2)39-30-27(29(23)35)28(34(31(30)36)32-33-19(3)20(4)40-32)22-11-12-24(26(15-22)37-5)38-16-21-9-7-6-8-10-21/h6-15,28H,16H2,1-5H3. The van der Waals surface area contributed by atoms with Gasteiger partial charge in [0, 0.05) is 4.88 Å². The van der Waals surface area contributed by atoms with Crippen LogP contribution in [0.3, 0.4) is 0 Å². The molecule has 1 aliphatic rings. The average molecular weight is 553 g/mol. The molecule has 202 valence electrons. The molecule has 0 aliphatic carbocycles. The van der Waals surface area contributed by atoms with Crippen LogP contribution in [0.4, 0.5) is 5.13 Å². The van der Waals surface area contributed by atoms with E-state index in [0.717, 1.165) is 27.3 Å². The van der Waals surface area contributed by atoms with Gasteiger partial charge in [-0.2, -0.15) is 0 Å². The zero-order chi connectivity index (χ0) is 28.1. The summed E-state index contributed by atoms with van der Waals surface area (Å²) in [5, 5.41) is 0.957. The fraction of sp³-hybridized carbons (Fsp3) is 0.219. The summed E-state index contributed by atoms with van der Waals surface area (Å²) in [6.07, 6.45) is 0. The quantitative estimate of drug-likeness (QED) is 0.230. The van der Waals surface area contributed by atoms with Crippen molar-refractivity contribution in [2.24, 2.45) is 0 Å². The van der Waals surface area contributed by atoms with Gasteiger partial charge in [0.15, 0.2) is 22.1 Å². The minimum absolute atomic E-state index is 0.0413. The second-order valence-corrected chi connectivity index (χ2v) is 11.2. The SMILES string of the molecule is COc1cc(C2c3c(oc4cc(C)c(C)cc4c3=O)C(=O)N2c2nc(C)c(C)s2)ccc1OCc1ccccc1. The van der Waals surface area contributed by atoms with Crippen molar-refractivity contribution in [3.8, 4) is 11.5 Å². The lowest BCUT2D eigenvalue weighted by molar-refractivity contribution is 0.0971. The summed E-state index contributed by atoms with van der Waals surface area (Å²) in [5.74, 6) is 0.704. The fourth-order valence-electron chi connectivity index (χ4n) is 5.01. The van der Waals surface area contributed by atoms with Gasteiger partial charge in [0.05, 0.1) is 29.8 Å². The van der Waals surface area contributed by atoms with E-state index in [0.29, 0.717) is 45.3 Å². The molecule has 6 rings (SSSR count). The zero-order valence-electron chi connectivity index (χ0n) is 22.9. The molecule has 0 bridgehead atoms. The Balaban J connectivity index is 1.51. The van der Waals surface area contributed by atoms with Crippen molar-refractivity contribution in [2.45, 2.75) is 40.3 Å². The van der Waals surface area contributed by atoms with Crippen LogP contribution < -0.4 is 19.8 Å². The van der Waals surface area contributed by atoms with Crippen LogP contribution in [0.15, 0.2) is 69.9 Å². The molecule has 0 N–H and O–H groups in total. The summed E-state index contributed by atoms with van der Waals surface area (Å²) >= 11 is 1.41. The number of anilines is 1. The molecule has 3 heterocycles. The third-order valence-corrected chi connectivity index (χ3v) is 8.52. The Kier molecular flexibility index (Phi) is 6.43. The first-order valence-corrected chi connectivity index (χ1v) is 13.8. The summed E-state index contributed by atoms with van der Waals surface area (Å²) in [6.45, 7) is 8.15. The van der Waals surface area contributed by atoms with Gasteiger partial charge in [-0.05, 0) is 74.2 Å². The van der Waals surface area contributed by atoms with Gasteiger partial charge in [-0.3, -0.25) is 14.5 Å². The van der Waals surface area contributed by atoms with Crippen LogP contribution >= 0.6 is 11.3 Å². The van der Waals surface area contributed by atoms with E-state index in [1.165, 1.54) is 11.3 Å². The van der Waals surface area contributed by atoms with E-state index in [-0.39, 0.29) is 11.2 Å². The van der Waals surface area contributed by atoms with Gasteiger partial charge in [0.1, 0.15) is 12.2 Å². The molecular weight excluding hydrogens is 524 g/mol. The Morgan fingerprint density at radius 1 is 0.950 bits per heavy atom. The molecule has 0 saturated heterocycles. The number of benzene rings is 3. The van der Waals surface area contributed by atoms with E-state index in [1.54, 1.807) is 12.0 Å². The summed E-state index contributed by atoms with van der Waals surface area (Å²) < 4.78 is 17.9. The molecule has 1 atom stereocenters. The van der Waals surface area contributed by atoms with Gasteiger partial charge in [-0.1, -0.05) is 36.4 Å². The van der Waals surface area contributed by atoms with E-state index < -0.39 is 11.9 Å². The number of carbonyl (C=O) groups excluding carboxylic acids is 1. The molecule has 3 aromatic carbocycles. The second kappa shape index (κ2) is 9.95. The number of nitrogens with zero attached hydrogens (tertiary/aromatic N) is 2. The van der Waals surface area contributed by atoms with E-state index >= 15 is 0 Å². The Labute approximate surface area is 235 Å². The number of methoxy groups -OCH3 is 1. The Hall–Kier alpha value is -4.43. The molecule has 0 radical (unpaired) electrons. The van der Waals surface area contributed by atoms with Crippen LogP contribution in [0, 0.1) is 27.7 Å². The molecule has 1 unspecified atom stereocenters. The van der Waals surface area contributed by atoms with Crippen molar-refractivity contribution in [1.82, 2.24) is 4.98 Å². The smallest absolute Gasteiger partial charge is 0.297 e. The summed E-state index contributed by atoms with van der Waals surface area (Å²) in [4.78, 5) is 35.2. The maximum atomic E-state index is 14.0. The number of carbonyl (C=O) groups is 1. The Bertz CT molecular complexity index is 1820. The third-order valence-electron chi connectivity index (χ3n) is 7.45. The average Bonchev–Trinajstić information content (AvgIpc) is 3.44. The lowest BCUT2D eigenvalue weighted by atomic mass is 9.97. The number of ether oxygens (including phenoxy) is 2. The number of aromatic nitrogens is 1. The zero-order valence-corrected chi connectivity index (χ0v) is 23.7. The van der Waals surface area contributed by atoms with Crippen molar-refractivity contribution in [1.29, 1.82) is 0 Å². The first-order chi connectivity index (χ1) is 19.3. The number of rotatable bonds is 6. The monoisotopic (exact) mass is 552 g/mol. The van der Waals surface area contributed by atoms with Gasteiger partial charge in [-0.25, -0.2) is 4.98 Å². The van der Waals surface area contributed by atoms with Crippen LogP contribution in [0.25, 0.3) is 11.0 Å². The number of thiazole rings is 1. The van der Waals surface area contributed by atoms with Crippen molar-refractivity contribution in [3.63, 3.8) is 0 Å². The van der Waals surface area contributed by atoms with E-state index in [1.807, 2.05) is 88.4 Å². The number of hydrogen-bond donors (Lipinski definition) is 0. The normalized spacial score (nSPS) is 14.6. The lowest BCUT2D eigenvalue weighted by Crippen LogP contribution is -2.29. The first kappa shape index (κ1) is 25.8. The summed E-state index contributed by atoms with van der Waals surface area (Å²) in [7, 11) is 1.57. The molecule has 0 spiro atoms. The summed E-state index contributed by atoms with van der Waals surface area (Å²) in [5.41, 5.74) is 4.98. The third kappa shape index (κ3) is 4.25. The van der Waals surface area contributed by atoms with Crippen LogP contribution in [0.2, 0.25) is 0 Å². The van der Waals surface area contributed by atoms with Gasteiger partial charge < -0.3 is 13.9 Å². The summed E-state index contributed by atoms with van der Waals surface area (Å²) in [6, 6.07) is 18.3. The predicted molar refractivity (Wildman–Crippen MR) is 156 cm³/mol. The highest BCUT2D eigenvalue weighted by Crippen LogP contribution is 2.44. The molecule has 5 aromatic rings. The molecule has 2 aromatic heterocycles. The molecule has 8 heteroatoms. The number of aryl methyl sites for hydroxylation is 4. The fourth-order valence-corrected chi connectivity index (χ4v) is 5.94. The van der Waals surface area contributed by atoms with Crippen molar-refractivity contribution in [3.05, 3.63) is 115 Å². The first-order valence-electron chi connectivity index (χ1n) is 13.0. The molecule has 0 saturated carbocycles.